The first-order valence-electron chi connectivity index (χ1n) is 18.2. The van der Waals surface area contributed by atoms with Gasteiger partial charge in [-0.2, -0.15) is 0 Å². The maximum atomic E-state index is 12.9. The molecule has 0 spiro atoms. The summed E-state index contributed by atoms with van der Waals surface area (Å²) in [6.07, 6.45) is 35.2. The first-order chi connectivity index (χ1) is 20.6. The molecular formula is C37H70O5. The van der Waals surface area contributed by atoms with E-state index >= 15 is 0 Å². The zero-order valence-electron chi connectivity index (χ0n) is 27.9. The molecule has 0 aliphatic carbocycles. The number of rotatable bonds is 33. The van der Waals surface area contributed by atoms with Gasteiger partial charge in [0.25, 0.3) is 0 Å². The van der Waals surface area contributed by atoms with Gasteiger partial charge in [0.05, 0.1) is 6.61 Å². The second-order valence-corrected chi connectivity index (χ2v) is 12.5. The Hall–Kier alpha value is -1.20. The van der Waals surface area contributed by atoms with Crippen molar-refractivity contribution in [3.05, 3.63) is 12.2 Å². The van der Waals surface area contributed by atoms with E-state index in [4.69, 9.17) is 9.84 Å². The van der Waals surface area contributed by atoms with Crippen LogP contribution in [0.5, 0.6) is 0 Å². The average Bonchev–Trinajstić information content (AvgIpc) is 2.99. The number of carbonyl (C=O) groups is 2. The van der Waals surface area contributed by atoms with Gasteiger partial charge in [0, 0.05) is 6.42 Å². The highest BCUT2D eigenvalue weighted by molar-refractivity contribution is 5.98. The van der Waals surface area contributed by atoms with Crippen molar-refractivity contribution in [2.24, 2.45) is 5.92 Å². The second-order valence-electron chi connectivity index (χ2n) is 12.5. The van der Waals surface area contributed by atoms with Gasteiger partial charge in [-0.1, -0.05) is 154 Å². The summed E-state index contributed by atoms with van der Waals surface area (Å²) in [7, 11) is 0. The SMILES string of the molecule is CCCCCCCCC=CCCCCCCC(C(=O)CCCCCCCCCCCCCCC)C(=O)OCC(O)CO. The number of aliphatic hydroxyl groups is 2. The van der Waals surface area contributed by atoms with Gasteiger partial charge in [0.1, 0.15) is 24.4 Å². The summed E-state index contributed by atoms with van der Waals surface area (Å²) in [5, 5.41) is 18.6. The second kappa shape index (κ2) is 32.7. The van der Waals surface area contributed by atoms with Gasteiger partial charge in [-0.3, -0.25) is 9.59 Å². The molecule has 0 rings (SSSR count). The normalized spacial score (nSPS) is 13.0. The van der Waals surface area contributed by atoms with Crippen LogP contribution >= 0.6 is 0 Å². The Bertz CT molecular complexity index is 617. The summed E-state index contributed by atoms with van der Waals surface area (Å²) >= 11 is 0. The van der Waals surface area contributed by atoms with E-state index in [1.54, 1.807) is 0 Å². The van der Waals surface area contributed by atoms with Crippen molar-refractivity contribution in [1.29, 1.82) is 0 Å². The van der Waals surface area contributed by atoms with E-state index in [0.29, 0.717) is 12.8 Å². The maximum absolute atomic E-state index is 12.9. The molecule has 0 heterocycles. The molecule has 42 heavy (non-hydrogen) atoms. The molecule has 2 unspecified atom stereocenters. The fourth-order valence-corrected chi connectivity index (χ4v) is 5.48. The van der Waals surface area contributed by atoms with Crippen molar-refractivity contribution < 1.29 is 24.5 Å². The van der Waals surface area contributed by atoms with Crippen LogP contribution in [0.1, 0.15) is 187 Å². The lowest BCUT2D eigenvalue weighted by Crippen LogP contribution is -2.30. The largest absolute Gasteiger partial charge is 0.462 e. The van der Waals surface area contributed by atoms with Crippen molar-refractivity contribution in [2.45, 2.75) is 193 Å². The lowest BCUT2D eigenvalue weighted by molar-refractivity contribution is -0.155. The van der Waals surface area contributed by atoms with E-state index in [2.05, 4.69) is 26.0 Å². The number of hydrogen-bond donors (Lipinski definition) is 2. The topological polar surface area (TPSA) is 83.8 Å². The first kappa shape index (κ1) is 40.8. The van der Waals surface area contributed by atoms with Crippen LogP contribution in [0.15, 0.2) is 12.2 Å². The van der Waals surface area contributed by atoms with Crippen LogP contribution in [0, 0.1) is 5.92 Å². The van der Waals surface area contributed by atoms with Crippen LogP contribution in [0.3, 0.4) is 0 Å². The highest BCUT2D eigenvalue weighted by Crippen LogP contribution is 2.19. The molecule has 0 saturated carbocycles. The Morgan fingerprint density at radius 1 is 0.595 bits per heavy atom. The number of Topliss-reactive ketones (excluding diaryl/α,β-unsaturated/α-hetero) is 1. The summed E-state index contributed by atoms with van der Waals surface area (Å²) in [5.74, 6) is -1.32. The first-order valence-corrected chi connectivity index (χ1v) is 18.2. The van der Waals surface area contributed by atoms with Crippen molar-refractivity contribution in [3.63, 3.8) is 0 Å². The molecule has 0 aliphatic rings. The summed E-state index contributed by atoms with van der Waals surface area (Å²) in [5.41, 5.74) is 0. The van der Waals surface area contributed by atoms with Crippen molar-refractivity contribution in [3.8, 4) is 0 Å². The summed E-state index contributed by atoms with van der Waals surface area (Å²) in [6.45, 7) is 3.79. The zero-order chi connectivity index (χ0) is 30.9. The molecule has 0 aromatic heterocycles. The molecular weight excluding hydrogens is 524 g/mol. The van der Waals surface area contributed by atoms with E-state index in [9.17, 15) is 14.7 Å². The van der Waals surface area contributed by atoms with Crippen molar-refractivity contribution >= 4 is 11.8 Å². The minimum atomic E-state index is -1.10. The molecule has 0 aliphatic heterocycles. The number of aliphatic hydroxyl groups excluding tert-OH is 2. The standard InChI is InChI=1S/C37H70O5/c1-3-5-7-9-11-13-15-17-19-20-22-24-26-28-30-35(37(41)42-33-34(39)32-38)36(40)31-29-27-25-23-21-18-16-14-12-10-8-6-4-2/h17,19,34-35,38-39H,3-16,18,20-33H2,1-2H3. The van der Waals surface area contributed by atoms with Gasteiger partial charge in [-0.05, 0) is 38.5 Å². The van der Waals surface area contributed by atoms with E-state index in [1.807, 2.05) is 0 Å². The van der Waals surface area contributed by atoms with Crippen LogP contribution in [-0.2, 0) is 14.3 Å². The zero-order valence-corrected chi connectivity index (χ0v) is 27.9. The van der Waals surface area contributed by atoms with Crippen LogP contribution in [-0.4, -0.2) is 41.3 Å². The highest BCUT2D eigenvalue weighted by Gasteiger charge is 2.27. The summed E-state index contributed by atoms with van der Waals surface area (Å²) < 4.78 is 5.19. The molecule has 2 N–H and O–H groups in total. The Morgan fingerprint density at radius 2 is 1.00 bits per heavy atom. The van der Waals surface area contributed by atoms with Gasteiger partial charge < -0.3 is 14.9 Å². The van der Waals surface area contributed by atoms with E-state index in [1.165, 1.54) is 109 Å². The number of ketones is 1. The molecule has 2 atom stereocenters. The number of allylic oxidation sites excluding steroid dienone is 2. The Kier molecular flexibility index (Phi) is 31.8. The number of hydrogen-bond acceptors (Lipinski definition) is 5. The monoisotopic (exact) mass is 595 g/mol. The van der Waals surface area contributed by atoms with Crippen LogP contribution in [0.4, 0.5) is 0 Å². The molecule has 248 valence electrons. The smallest absolute Gasteiger partial charge is 0.316 e. The van der Waals surface area contributed by atoms with Gasteiger partial charge >= 0.3 is 5.97 Å². The van der Waals surface area contributed by atoms with E-state index in [-0.39, 0.29) is 12.4 Å². The van der Waals surface area contributed by atoms with Crippen LogP contribution < -0.4 is 0 Å². The van der Waals surface area contributed by atoms with Crippen molar-refractivity contribution in [2.75, 3.05) is 13.2 Å². The van der Waals surface area contributed by atoms with Gasteiger partial charge in [-0.15, -0.1) is 0 Å². The molecule has 5 heteroatoms. The van der Waals surface area contributed by atoms with Crippen LogP contribution in [0.2, 0.25) is 0 Å². The quantitative estimate of drug-likeness (QED) is 0.0342. The van der Waals surface area contributed by atoms with Crippen molar-refractivity contribution in [1.82, 2.24) is 0 Å². The molecule has 0 saturated heterocycles. The Morgan fingerprint density at radius 3 is 1.45 bits per heavy atom. The average molecular weight is 595 g/mol. The number of carbonyl (C=O) groups excluding carboxylic acids is 2. The third kappa shape index (κ3) is 27.6. The fraction of sp³-hybridized carbons (Fsp3) is 0.892. The third-order valence-corrected chi connectivity index (χ3v) is 8.33. The minimum Gasteiger partial charge on any atom is -0.462 e. The molecule has 0 radical (unpaired) electrons. The molecule has 0 bridgehead atoms. The number of unbranched alkanes of at least 4 members (excludes halogenated alkanes) is 22. The molecule has 0 aromatic carbocycles. The molecule has 0 fully saturated rings. The maximum Gasteiger partial charge on any atom is 0.316 e. The summed E-state index contributed by atoms with van der Waals surface area (Å²) in [4.78, 5) is 25.6. The van der Waals surface area contributed by atoms with E-state index in [0.717, 1.165) is 51.4 Å². The van der Waals surface area contributed by atoms with Gasteiger partial charge in [0.2, 0.25) is 0 Å². The Labute approximate surface area is 260 Å². The Balaban J connectivity index is 4.10. The predicted molar refractivity (Wildman–Crippen MR) is 178 cm³/mol. The molecule has 0 amide bonds. The van der Waals surface area contributed by atoms with Gasteiger partial charge in [0.15, 0.2) is 0 Å². The lowest BCUT2D eigenvalue weighted by atomic mass is 9.93. The predicted octanol–water partition coefficient (Wildman–Crippen LogP) is 10.2. The summed E-state index contributed by atoms with van der Waals surface area (Å²) in [6, 6.07) is 0. The minimum absolute atomic E-state index is 0.0285. The number of esters is 1. The fourth-order valence-electron chi connectivity index (χ4n) is 5.48. The van der Waals surface area contributed by atoms with Crippen LogP contribution in [0.25, 0.3) is 0 Å². The van der Waals surface area contributed by atoms with Gasteiger partial charge in [-0.25, -0.2) is 0 Å². The third-order valence-electron chi connectivity index (χ3n) is 8.33. The molecule has 5 nitrogen and oxygen atoms in total. The molecule has 0 aromatic rings. The lowest BCUT2D eigenvalue weighted by Gasteiger charge is -2.16. The van der Waals surface area contributed by atoms with E-state index < -0.39 is 24.6 Å². The highest BCUT2D eigenvalue weighted by atomic mass is 16.5. The number of ether oxygens (including phenoxy) is 1.